The third-order valence-corrected chi connectivity index (χ3v) is 17.3. The van der Waals surface area contributed by atoms with Gasteiger partial charge in [-0.05, 0) is 117 Å². The third kappa shape index (κ3) is 6.31. The number of hydrogen-bond acceptors (Lipinski definition) is 15. The van der Waals surface area contributed by atoms with E-state index in [9.17, 15) is 56.2 Å². The molecule has 0 bridgehead atoms. The Labute approximate surface area is 329 Å². The highest BCUT2D eigenvalue weighted by Gasteiger charge is 2.84. The van der Waals surface area contributed by atoms with Crippen LogP contribution in [0, 0.1) is 44.8 Å². The molecule has 2 spiro atoms. The van der Waals surface area contributed by atoms with Gasteiger partial charge in [0.15, 0.2) is 12.6 Å². The molecule has 5 aliphatic carbocycles. The van der Waals surface area contributed by atoms with Crippen LogP contribution < -0.4 is 0 Å². The van der Waals surface area contributed by atoms with E-state index in [-0.39, 0.29) is 42.1 Å². The van der Waals surface area contributed by atoms with Crippen molar-refractivity contribution in [2.75, 3.05) is 13.2 Å². The molecule has 7 rings (SSSR count). The van der Waals surface area contributed by atoms with E-state index in [4.69, 9.17) is 18.9 Å². The van der Waals surface area contributed by atoms with Gasteiger partial charge in [-0.25, -0.2) is 0 Å². The van der Waals surface area contributed by atoms with E-state index >= 15 is 0 Å². The molecule has 2 aliphatic heterocycles. The average molecular weight is 803 g/mol. The van der Waals surface area contributed by atoms with E-state index in [1.54, 1.807) is 20.8 Å². The molecule has 5 saturated carbocycles. The van der Waals surface area contributed by atoms with Gasteiger partial charge >= 0.3 is 0 Å². The van der Waals surface area contributed by atoms with E-state index in [0.717, 1.165) is 25.7 Å². The maximum atomic E-state index is 12.4. The summed E-state index contributed by atoms with van der Waals surface area (Å²) in [5, 5.41) is 120. The Morgan fingerprint density at radius 3 is 2.09 bits per heavy atom. The highest BCUT2D eigenvalue weighted by atomic mass is 16.8. The molecule has 15 nitrogen and oxygen atoms in total. The van der Waals surface area contributed by atoms with Gasteiger partial charge in [0.1, 0.15) is 42.7 Å². The van der Waals surface area contributed by atoms with Crippen LogP contribution in [-0.4, -0.2) is 160 Å². The van der Waals surface area contributed by atoms with Crippen LogP contribution in [0.5, 0.6) is 0 Å². The SMILES string of the molecule is CC(C)(O)[C@H](O)CC[C@](C)(O)[C@H]1[C@@H](O)C[C@@]2(C)[C@@H]3C[C@H](O)[C@H]4C(C)(C)[C@@H](O[C@@H]5O[C@H](CO)[C@@H](O)[C@H](O)[C@H]5O[C@@H]5OC[C@H](O)[C@H](O)[C@H]5O)CC[C@@]45C[C@@]35CC[C@]12C. The zero-order chi connectivity index (χ0) is 41.3. The quantitative estimate of drug-likeness (QED) is 0.127. The largest absolute Gasteiger partial charge is 0.394 e. The first-order valence-electron chi connectivity index (χ1n) is 20.9. The Hall–Kier alpha value is -0.600. The van der Waals surface area contributed by atoms with E-state index in [1.165, 1.54) is 0 Å². The highest BCUT2D eigenvalue weighted by Crippen LogP contribution is 2.89. The molecule has 2 heterocycles. The summed E-state index contributed by atoms with van der Waals surface area (Å²) in [7, 11) is 0. The second-order valence-corrected chi connectivity index (χ2v) is 21.0. The number of fused-ring (bicyclic) bond motifs is 2. The Bertz CT molecular complexity index is 1440. The van der Waals surface area contributed by atoms with Crippen LogP contribution in [-0.2, 0) is 18.9 Å². The average Bonchev–Trinajstić information content (AvgIpc) is 3.69. The van der Waals surface area contributed by atoms with Crippen LogP contribution in [0.25, 0.3) is 0 Å². The second-order valence-electron chi connectivity index (χ2n) is 21.0. The molecule has 15 heteroatoms. The summed E-state index contributed by atoms with van der Waals surface area (Å²) < 4.78 is 24.1. The Morgan fingerprint density at radius 1 is 0.768 bits per heavy atom. The minimum absolute atomic E-state index is 0.0832. The molecule has 21 atom stereocenters. The molecule has 0 aromatic rings. The van der Waals surface area contributed by atoms with Gasteiger partial charge in [0.05, 0.1) is 48.8 Å². The van der Waals surface area contributed by atoms with Crippen molar-refractivity contribution in [2.24, 2.45) is 44.8 Å². The lowest BCUT2D eigenvalue weighted by molar-refractivity contribution is -0.370. The number of ether oxygens (including phenoxy) is 4. The minimum Gasteiger partial charge on any atom is -0.394 e. The van der Waals surface area contributed by atoms with Crippen LogP contribution in [0.15, 0.2) is 0 Å². The van der Waals surface area contributed by atoms with Gasteiger partial charge in [-0.15, -0.1) is 0 Å². The lowest BCUT2D eigenvalue weighted by Crippen LogP contribution is -2.65. The van der Waals surface area contributed by atoms with E-state index in [1.807, 2.05) is 0 Å². The van der Waals surface area contributed by atoms with Crippen molar-refractivity contribution < 1.29 is 75.1 Å². The van der Waals surface area contributed by atoms with E-state index in [2.05, 4.69) is 27.7 Å². The smallest absolute Gasteiger partial charge is 0.187 e. The number of hydrogen-bond donors (Lipinski definition) is 11. The van der Waals surface area contributed by atoms with Crippen molar-refractivity contribution in [1.82, 2.24) is 0 Å². The maximum Gasteiger partial charge on any atom is 0.187 e. The Morgan fingerprint density at radius 2 is 1.45 bits per heavy atom. The molecule has 0 unspecified atom stereocenters. The summed E-state index contributed by atoms with van der Waals surface area (Å²) in [5.74, 6) is -0.561. The molecule has 7 aliphatic rings. The summed E-state index contributed by atoms with van der Waals surface area (Å²) >= 11 is 0. The van der Waals surface area contributed by atoms with Crippen LogP contribution in [0.2, 0.25) is 0 Å². The topological polar surface area (TPSA) is 259 Å². The standard InChI is InChI=1S/C41H70O15/c1-35(2)25(55-34-30(28(49)27(48)22(16-42)54-34)56-33-29(50)26(47)21(45)17-53-33)9-11-41-18-40(41)13-12-37(5)32(39(7,52)10-8-24(46)36(3,4)51)20(44)15-38(37,6)23(40)14-19(43)31(35)41/h19-34,42-52H,8-18H2,1-7H3/t19-,20-,21-,22+,23-,24+,25-,26-,27+,28-,29+,30+,31-,32-,33-,34-,37+,38-,39-,40-,41+/m0/s1. The van der Waals surface area contributed by atoms with Crippen molar-refractivity contribution in [3.8, 4) is 0 Å². The molecule has 324 valence electrons. The molecular weight excluding hydrogens is 732 g/mol. The number of aliphatic hydroxyl groups excluding tert-OH is 9. The van der Waals surface area contributed by atoms with Crippen molar-refractivity contribution >= 4 is 0 Å². The van der Waals surface area contributed by atoms with Gasteiger partial charge in [-0.2, -0.15) is 0 Å². The van der Waals surface area contributed by atoms with Gasteiger partial charge in [0.25, 0.3) is 0 Å². The molecule has 0 aromatic heterocycles. The molecule has 11 N–H and O–H groups in total. The summed E-state index contributed by atoms with van der Waals surface area (Å²) in [6, 6.07) is 0. The van der Waals surface area contributed by atoms with Crippen LogP contribution >= 0.6 is 0 Å². The Balaban J connectivity index is 1.11. The zero-order valence-corrected chi connectivity index (χ0v) is 34.1. The lowest BCUT2D eigenvalue weighted by atomic mass is 9.41. The van der Waals surface area contributed by atoms with Crippen LogP contribution in [0.4, 0.5) is 0 Å². The molecule has 0 amide bonds. The summed E-state index contributed by atoms with van der Waals surface area (Å²) in [5.41, 5.74) is -4.39. The third-order valence-electron chi connectivity index (χ3n) is 17.3. The fraction of sp³-hybridized carbons (Fsp3) is 1.00. The minimum atomic E-state index is -1.67. The molecule has 56 heavy (non-hydrogen) atoms. The number of rotatable bonds is 10. The Kier molecular flexibility index (Phi) is 11.1. The van der Waals surface area contributed by atoms with E-state index in [0.29, 0.717) is 19.3 Å². The van der Waals surface area contributed by atoms with Crippen molar-refractivity contribution in [3.05, 3.63) is 0 Å². The molecule has 2 saturated heterocycles. The normalized spacial score (nSPS) is 54.2. The highest BCUT2D eigenvalue weighted by molar-refractivity contribution is 5.33. The van der Waals surface area contributed by atoms with E-state index < -0.39 is 120 Å². The van der Waals surface area contributed by atoms with Crippen molar-refractivity contribution in [1.29, 1.82) is 0 Å². The first-order chi connectivity index (χ1) is 25.8. The molecular formula is C41H70O15. The van der Waals surface area contributed by atoms with Gasteiger partial charge in [-0.3, -0.25) is 0 Å². The molecule has 7 fully saturated rings. The predicted molar refractivity (Wildman–Crippen MR) is 197 cm³/mol. The van der Waals surface area contributed by atoms with Crippen LogP contribution in [0.3, 0.4) is 0 Å². The van der Waals surface area contributed by atoms with Gasteiger partial charge in [-0.1, -0.05) is 27.7 Å². The number of aliphatic hydroxyl groups is 11. The first kappa shape index (κ1) is 43.5. The zero-order valence-electron chi connectivity index (χ0n) is 34.1. The second kappa shape index (κ2) is 14.2. The van der Waals surface area contributed by atoms with Gasteiger partial charge < -0.3 is 75.1 Å². The summed E-state index contributed by atoms with van der Waals surface area (Å²) in [6.07, 6.45) is -11.0. The van der Waals surface area contributed by atoms with Crippen molar-refractivity contribution in [3.63, 3.8) is 0 Å². The fourth-order valence-corrected chi connectivity index (χ4v) is 14.3. The van der Waals surface area contributed by atoms with Gasteiger partial charge in [0, 0.05) is 5.92 Å². The van der Waals surface area contributed by atoms with Crippen molar-refractivity contribution in [2.45, 2.75) is 197 Å². The van der Waals surface area contributed by atoms with Gasteiger partial charge in [0.2, 0.25) is 0 Å². The predicted octanol–water partition coefficient (Wildman–Crippen LogP) is -0.321. The monoisotopic (exact) mass is 802 g/mol. The summed E-state index contributed by atoms with van der Waals surface area (Å²) in [6.45, 7) is 12.4. The lowest BCUT2D eigenvalue weighted by Gasteiger charge is -2.64. The summed E-state index contributed by atoms with van der Waals surface area (Å²) in [4.78, 5) is 0. The molecule has 0 radical (unpaired) electrons. The van der Waals surface area contributed by atoms with Crippen LogP contribution in [0.1, 0.15) is 106 Å². The maximum absolute atomic E-state index is 12.4. The fourth-order valence-electron chi connectivity index (χ4n) is 14.3. The first-order valence-corrected chi connectivity index (χ1v) is 20.9. The molecule has 0 aromatic carbocycles.